The van der Waals surface area contributed by atoms with E-state index in [1.54, 1.807) is 17.8 Å². The van der Waals surface area contributed by atoms with Crippen LogP contribution in [0.3, 0.4) is 0 Å². The maximum Gasteiger partial charge on any atom is 0.324 e. The number of rotatable bonds is 9. The first kappa shape index (κ1) is 28.7. The Hall–Kier alpha value is -3.80. The third-order valence-electron chi connectivity index (χ3n) is 6.68. The molecule has 0 radical (unpaired) electrons. The van der Waals surface area contributed by atoms with Gasteiger partial charge >= 0.3 is 6.03 Å². The van der Waals surface area contributed by atoms with Gasteiger partial charge in [-0.15, -0.1) is 0 Å². The van der Waals surface area contributed by atoms with Gasteiger partial charge in [0, 0.05) is 54.3 Å². The molecular weight excluding hydrogens is 540 g/mol. The molecule has 0 unspecified atom stereocenters. The van der Waals surface area contributed by atoms with Crippen LogP contribution >= 0.6 is 11.8 Å². The average molecular weight is 577 g/mol. The van der Waals surface area contributed by atoms with Crippen LogP contribution < -0.4 is 15.4 Å². The van der Waals surface area contributed by atoms with Crippen molar-refractivity contribution in [1.82, 2.24) is 19.6 Å². The van der Waals surface area contributed by atoms with E-state index in [2.05, 4.69) is 20.7 Å². The Kier molecular flexibility index (Phi) is 8.96. The van der Waals surface area contributed by atoms with Crippen LogP contribution in [0.1, 0.15) is 26.5 Å². The molecule has 5 rings (SSSR count). The largest absolute Gasteiger partial charge is 0.492 e. The molecule has 0 bridgehead atoms. The maximum absolute atomic E-state index is 12.5. The van der Waals surface area contributed by atoms with Crippen molar-refractivity contribution in [3.8, 4) is 22.7 Å². The lowest BCUT2D eigenvalue weighted by Crippen LogP contribution is -2.38. The Labute approximate surface area is 244 Å². The van der Waals surface area contributed by atoms with Crippen LogP contribution in [0.15, 0.2) is 70.5 Å². The third kappa shape index (κ3) is 7.49. The van der Waals surface area contributed by atoms with Gasteiger partial charge in [0.1, 0.15) is 18.1 Å². The smallest absolute Gasteiger partial charge is 0.324 e. The van der Waals surface area contributed by atoms with Crippen molar-refractivity contribution in [1.29, 1.82) is 0 Å². The van der Waals surface area contributed by atoms with Crippen molar-refractivity contribution in [3.05, 3.63) is 66.6 Å². The zero-order chi connectivity index (χ0) is 28.8. The summed E-state index contributed by atoms with van der Waals surface area (Å²) in [5, 5.41) is 10.3. The van der Waals surface area contributed by atoms with Gasteiger partial charge in [-0.1, -0.05) is 37.7 Å². The predicted molar refractivity (Wildman–Crippen MR) is 161 cm³/mol. The van der Waals surface area contributed by atoms with Gasteiger partial charge in [-0.2, -0.15) is 0 Å². The number of carbonyl (C=O) groups excluding carboxylic acids is 1. The molecule has 2 aromatic carbocycles. The van der Waals surface area contributed by atoms with E-state index in [9.17, 15) is 4.79 Å². The minimum Gasteiger partial charge on any atom is -0.492 e. The molecule has 0 aliphatic carbocycles. The van der Waals surface area contributed by atoms with Crippen molar-refractivity contribution >= 4 is 29.3 Å². The summed E-state index contributed by atoms with van der Waals surface area (Å²) in [5.74, 6) is 1.91. The normalized spacial score (nSPS) is 14.1. The summed E-state index contributed by atoms with van der Waals surface area (Å²) in [7, 11) is 0. The molecule has 10 nitrogen and oxygen atoms in total. The number of urea groups is 1. The summed E-state index contributed by atoms with van der Waals surface area (Å²) in [6, 6.07) is 17.0. The maximum atomic E-state index is 12.5. The molecule has 1 aliphatic heterocycles. The van der Waals surface area contributed by atoms with Crippen molar-refractivity contribution in [2.45, 2.75) is 31.3 Å². The Morgan fingerprint density at radius 2 is 1.78 bits per heavy atom. The molecule has 0 spiro atoms. The van der Waals surface area contributed by atoms with Gasteiger partial charge in [0.25, 0.3) is 0 Å². The Balaban J connectivity index is 1.19. The molecule has 0 atom stereocenters. The molecule has 1 aliphatic rings. The first-order valence-corrected chi connectivity index (χ1v) is 14.8. The van der Waals surface area contributed by atoms with Crippen molar-refractivity contribution in [2.75, 3.05) is 56.3 Å². The minimum atomic E-state index is -0.394. The number of hydrogen-bond acceptors (Lipinski definition) is 8. The number of nitrogens with zero attached hydrogens (tertiary/aromatic N) is 4. The van der Waals surface area contributed by atoms with Gasteiger partial charge in [-0.3, -0.25) is 14.8 Å². The van der Waals surface area contributed by atoms with Crippen LogP contribution in [0.2, 0.25) is 0 Å². The fourth-order valence-electron chi connectivity index (χ4n) is 4.34. The molecule has 0 saturated carbocycles. The summed E-state index contributed by atoms with van der Waals surface area (Å²) in [4.78, 5) is 19.7. The Morgan fingerprint density at radius 3 is 2.44 bits per heavy atom. The standard InChI is InChI=1S/C30H36N6O4S/c1-30(2,3)26-19-27(34-40-26)33-28(37)31-22-7-9-23(10-8-22)36-20-25(32-29(36)41-4)21-5-11-24(12-6-21)39-18-15-35-13-16-38-17-14-35/h5-12,19-20H,13-18H2,1-4H3,(H2,31,33,34,37). The third-order valence-corrected chi connectivity index (χ3v) is 7.33. The van der Waals surface area contributed by atoms with Crippen LogP contribution in [0.25, 0.3) is 16.9 Å². The van der Waals surface area contributed by atoms with E-state index < -0.39 is 6.03 Å². The van der Waals surface area contributed by atoms with Crippen molar-refractivity contribution in [2.24, 2.45) is 0 Å². The van der Waals surface area contributed by atoms with Crippen LogP contribution in [0.5, 0.6) is 5.75 Å². The molecule has 41 heavy (non-hydrogen) atoms. The summed E-state index contributed by atoms with van der Waals surface area (Å²) >= 11 is 1.57. The number of thioether (sulfide) groups is 1. The summed E-state index contributed by atoms with van der Waals surface area (Å²) in [6.45, 7) is 11.1. The second kappa shape index (κ2) is 12.8. The lowest BCUT2D eigenvalue weighted by atomic mass is 9.93. The molecule has 11 heteroatoms. The first-order chi connectivity index (χ1) is 19.8. The van der Waals surface area contributed by atoms with Gasteiger partial charge < -0.3 is 19.3 Å². The number of benzene rings is 2. The van der Waals surface area contributed by atoms with Gasteiger partial charge in [0.2, 0.25) is 0 Å². The number of amides is 2. The molecule has 2 N–H and O–H groups in total. The molecule has 4 aromatic rings. The van der Waals surface area contributed by atoms with Crippen LogP contribution in [-0.2, 0) is 10.2 Å². The average Bonchev–Trinajstić information content (AvgIpc) is 3.62. The topological polar surface area (TPSA) is 107 Å². The van der Waals surface area contributed by atoms with Crippen LogP contribution in [-0.4, -0.2) is 71.3 Å². The lowest BCUT2D eigenvalue weighted by Gasteiger charge is -2.26. The van der Waals surface area contributed by atoms with E-state index in [1.807, 2.05) is 86.3 Å². The predicted octanol–water partition coefficient (Wildman–Crippen LogP) is 5.90. The highest BCUT2D eigenvalue weighted by atomic mass is 32.2. The Morgan fingerprint density at radius 1 is 1.05 bits per heavy atom. The van der Waals surface area contributed by atoms with E-state index in [0.717, 1.165) is 60.7 Å². The summed E-state index contributed by atoms with van der Waals surface area (Å²) in [6.07, 6.45) is 4.02. The Bertz CT molecular complexity index is 1440. The number of ether oxygens (including phenoxy) is 2. The van der Waals surface area contributed by atoms with E-state index in [0.29, 0.717) is 23.9 Å². The van der Waals surface area contributed by atoms with Gasteiger partial charge in [0.05, 0.1) is 18.9 Å². The quantitative estimate of drug-likeness (QED) is 0.237. The van der Waals surface area contributed by atoms with Gasteiger partial charge in [-0.25, -0.2) is 9.78 Å². The molecule has 1 saturated heterocycles. The summed E-state index contributed by atoms with van der Waals surface area (Å²) in [5.41, 5.74) is 3.29. The second-order valence-corrected chi connectivity index (χ2v) is 11.5. The van der Waals surface area contributed by atoms with E-state index in [1.165, 1.54) is 0 Å². The first-order valence-electron chi connectivity index (χ1n) is 13.6. The lowest BCUT2D eigenvalue weighted by molar-refractivity contribution is 0.0322. The highest BCUT2D eigenvalue weighted by Crippen LogP contribution is 2.28. The number of hydrogen-bond donors (Lipinski definition) is 2. The monoisotopic (exact) mass is 576 g/mol. The van der Waals surface area contributed by atoms with Crippen molar-refractivity contribution in [3.63, 3.8) is 0 Å². The highest BCUT2D eigenvalue weighted by Gasteiger charge is 2.20. The van der Waals surface area contributed by atoms with E-state index >= 15 is 0 Å². The minimum absolute atomic E-state index is 0.191. The van der Waals surface area contributed by atoms with Crippen LogP contribution in [0, 0.1) is 0 Å². The molecule has 216 valence electrons. The fraction of sp³-hybridized carbons (Fsp3) is 0.367. The van der Waals surface area contributed by atoms with E-state index in [-0.39, 0.29) is 5.41 Å². The van der Waals surface area contributed by atoms with E-state index in [4.69, 9.17) is 19.0 Å². The zero-order valence-corrected chi connectivity index (χ0v) is 24.7. The number of morpholine rings is 1. The highest BCUT2D eigenvalue weighted by molar-refractivity contribution is 7.98. The molecule has 2 aromatic heterocycles. The van der Waals surface area contributed by atoms with Gasteiger partial charge in [-0.05, 0) is 54.8 Å². The zero-order valence-electron chi connectivity index (χ0n) is 23.8. The van der Waals surface area contributed by atoms with Crippen molar-refractivity contribution < 1.29 is 18.8 Å². The van der Waals surface area contributed by atoms with Gasteiger partial charge in [0.15, 0.2) is 11.0 Å². The number of carbonyl (C=O) groups is 1. The number of anilines is 2. The number of nitrogens with one attached hydrogen (secondary N) is 2. The second-order valence-electron chi connectivity index (χ2n) is 10.8. The fourth-order valence-corrected chi connectivity index (χ4v) is 4.89. The number of imidazole rings is 1. The number of aromatic nitrogens is 3. The SMILES string of the molecule is CSc1nc(-c2ccc(OCCN3CCOCC3)cc2)cn1-c1ccc(NC(=O)Nc2cc(C(C)(C)C)on2)cc1. The molecular formula is C30H36N6O4S. The summed E-state index contributed by atoms with van der Waals surface area (Å²) < 4.78 is 18.7. The van der Waals surface area contributed by atoms with Crippen LogP contribution in [0.4, 0.5) is 16.3 Å². The molecule has 1 fully saturated rings. The molecule has 2 amide bonds. The molecule has 3 heterocycles.